The van der Waals surface area contributed by atoms with Crippen LogP contribution in [0.5, 0.6) is 0 Å². The number of aliphatic hydroxyl groups is 2. The van der Waals surface area contributed by atoms with E-state index < -0.39 is 6.10 Å². The van der Waals surface area contributed by atoms with Crippen molar-refractivity contribution in [2.45, 2.75) is 63.4 Å². The Morgan fingerprint density at radius 1 is 1.00 bits per heavy atom. The first-order valence-electron chi connectivity index (χ1n) is 10.4. The van der Waals surface area contributed by atoms with Crippen LogP contribution in [0.2, 0.25) is 0 Å². The highest BCUT2D eigenvalue weighted by Crippen LogP contribution is 2.33. The molecule has 0 aliphatic carbocycles. The summed E-state index contributed by atoms with van der Waals surface area (Å²) in [6.07, 6.45) is 3.59. The minimum absolute atomic E-state index is 0.0522. The third-order valence-electron chi connectivity index (χ3n) is 6.00. The van der Waals surface area contributed by atoms with Gasteiger partial charge in [0, 0.05) is 19.4 Å². The molecular weight excluding hydrogens is 352 g/mol. The van der Waals surface area contributed by atoms with Crippen LogP contribution in [0.25, 0.3) is 0 Å². The molecule has 2 aliphatic rings. The van der Waals surface area contributed by atoms with Gasteiger partial charge in [-0.25, -0.2) is 0 Å². The second-order valence-electron chi connectivity index (χ2n) is 8.16. The normalized spacial score (nSPS) is 27.8. The van der Waals surface area contributed by atoms with Crippen LogP contribution in [0.1, 0.15) is 65.7 Å². The van der Waals surface area contributed by atoms with Crippen LogP contribution in [0.3, 0.4) is 0 Å². The maximum atomic E-state index is 10.1. The molecule has 4 rings (SSSR count). The molecule has 28 heavy (non-hydrogen) atoms. The summed E-state index contributed by atoms with van der Waals surface area (Å²) in [5.41, 5.74) is 6.15. The van der Waals surface area contributed by atoms with E-state index in [1.807, 2.05) is 0 Å². The van der Waals surface area contributed by atoms with E-state index in [1.54, 1.807) is 0 Å². The lowest BCUT2D eigenvalue weighted by molar-refractivity contribution is -0.113. The SMILES string of the molecule is Cc1ccc([C@H]2C[C@@H](O)C[C@@H](CO)O2)cc1Cc1ccc(C2CCCO2)cc1. The standard InChI is InChI=1S/C24H30O4/c1-16-4-7-19(24-14-21(26)13-22(15-25)28-24)12-20(16)11-17-5-8-18(9-6-17)23-3-2-10-27-23/h4-9,12,21-26H,2-3,10-11,13-15H2,1H3/t21-,22-,23?,24+/m0/s1. The van der Waals surface area contributed by atoms with Crippen LogP contribution in [0, 0.1) is 6.92 Å². The summed E-state index contributed by atoms with van der Waals surface area (Å²) in [5.74, 6) is 0. The molecule has 2 heterocycles. The summed E-state index contributed by atoms with van der Waals surface area (Å²) in [7, 11) is 0. The molecular formula is C24H30O4. The second-order valence-corrected chi connectivity index (χ2v) is 8.16. The average molecular weight is 383 g/mol. The molecule has 2 aromatic rings. The zero-order valence-electron chi connectivity index (χ0n) is 16.5. The zero-order chi connectivity index (χ0) is 19.5. The van der Waals surface area contributed by atoms with Gasteiger partial charge in [-0.1, -0.05) is 42.5 Å². The first kappa shape index (κ1) is 19.6. The molecule has 1 unspecified atom stereocenters. The van der Waals surface area contributed by atoms with Crippen LogP contribution in [0.4, 0.5) is 0 Å². The molecule has 4 nitrogen and oxygen atoms in total. The van der Waals surface area contributed by atoms with E-state index in [2.05, 4.69) is 49.4 Å². The minimum atomic E-state index is -0.425. The van der Waals surface area contributed by atoms with Gasteiger partial charge in [-0.05, 0) is 54.0 Å². The molecule has 0 spiro atoms. The average Bonchev–Trinajstić information content (AvgIpc) is 3.24. The van der Waals surface area contributed by atoms with Crippen molar-refractivity contribution in [3.8, 4) is 0 Å². The van der Waals surface area contributed by atoms with E-state index in [9.17, 15) is 10.2 Å². The van der Waals surface area contributed by atoms with Crippen molar-refractivity contribution in [3.05, 3.63) is 70.3 Å². The number of aliphatic hydroxyl groups excluding tert-OH is 2. The Bertz CT molecular complexity index is 780. The summed E-state index contributed by atoms with van der Waals surface area (Å²) in [5, 5.41) is 19.5. The van der Waals surface area contributed by atoms with Crippen molar-refractivity contribution in [1.82, 2.24) is 0 Å². The summed E-state index contributed by atoms with van der Waals surface area (Å²) in [6, 6.07) is 15.2. The number of rotatable bonds is 5. The van der Waals surface area contributed by atoms with E-state index in [1.165, 1.54) is 22.3 Å². The quantitative estimate of drug-likeness (QED) is 0.820. The van der Waals surface area contributed by atoms with Crippen molar-refractivity contribution in [3.63, 3.8) is 0 Å². The first-order chi connectivity index (χ1) is 13.6. The molecule has 0 amide bonds. The Balaban J connectivity index is 1.49. The third kappa shape index (κ3) is 4.47. The number of hydrogen-bond donors (Lipinski definition) is 2. The van der Waals surface area contributed by atoms with Crippen LogP contribution in [-0.2, 0) is 15.9 Å². The Labute approximate surface area is 167 Å². The maximum absolute atomic E-state index is 10.1. The molecule has 0 aromatic heterocycles. The molecule has 2 fully saturated rings. The number of aryl methyl sites for hydroxylation is 1. The Kier molecular flexibility index (Phi) is 6.12. The van der Waals surface area contributed by atoms with Gasteiger partial charge in [-0.3, -0.25) is 0 Å². The maximum Gasteiger partial charge on any atom is 0.0854 e. The summed E-state index contributed by atoms with van der Waals surface area (Å²) >= 11 is 0. The monoisotopic (exact) mass is 382 g/mol. The highest BCUT2D eigenvalue weighted by Gasteiger charge is 2.29. The Hall–Kier alpha value is -1.72. The first-order valence-corrected chi connectivity index (χ1v) is 10.4. The van der Waals surface area contributed by atoms with Gasteiger partial charge in [0.15, 0.2) is 0 Å². The lowest BCUT2D eigenvalue weighted by Crippen LogP contribution is -2.33. The molecule has 150 valence electrons. The molecule has 4 atom stereocenters. The molecule has 2 aromatic carbocycles. The van der Waals surface area contributed by atoms with E-state index in [0.29, 0.717) is 12.8 Å². The molecule has 2 aliphatic heterocycles. The fraction of sp³-hybridized carbons (Fsp3) is 0.500. The molecule has 0 bridgehead atoms. The van der Waals surface area contributed by atoms with Gasteiger partial charge in [0.1, 0.15) is 0 Å². The highest BCUT2D eigenvalue weighted by molar-refractivity contribution is 5.37. The fourth-order valence-corrected chi connectivity index (χ4v) is 4.32. The third-order valence-corrected chi connectivity index (χ3v) is 6.00. The van der Waals surface area contributed by atoms with Gasteiger partial charge in [0.25, 0.3) is 0 Å². The lowest BCUT2D eigenvalue weighted by Gasteiger charge is -2.32. The number of ether oxygens (including phenoxy) is 2. The fourth-order valence-electron chi connectivity index (χ4n) is 4.32. The predicted molar refractivity (Wildman–Crippen MR) is 108 cm³/mol. The van der Waals surface area contributed by atoms with E-state index in [0.717, 1.165) is 31.4 Å². The van der Waals surface area contributed by atoms with Gasteiger partial charge in [-0.2, -0.15) is 0 Å². The van der Waals surface area contributed by atoms with Crippen molar-refractivity contribution in [2.24, 2.45) is 0 Å². The van der Waals surface area contributed by atoms with Gasteiger partial charge in [0.2, 0.25) is 0 Å². The van der Waals surface area contributed by atoms with Gasteiger partial charge in [0.05, 0.1) is 31.0 Å². The van der Waals surface area contributed by atoms with Crippen molar-refractivity contribution in [1.29, 1.82) is 0 Å². The minimum Gasteiger partial charge on any atom is -0.394 e. The highest BCUT2D eigenvalue weighted by atomic mass is 16.5. The predicted octanol–water partition coefficient (Wildman–Crippen LogP) is 4.01. The lowest BCUT2D eigenvalue weighted by atomic mass is 9.92. The Morgan fingerprint density at radius 3 is 2.50 bits per heavy atom. The summed E-state index contributed by atoms with van der Waals surface area (Å²) < 4.78 is 11.8. The van der Waals surface area contributed by atoms with E-state index >= 15 is 0 Å². The van der Waals surface area contributed by atoms with E-state index in [4.69, 9.17) is 9.47 Å². The van der Waals surface area contributed by atoms with Gasteiger partial charge in [-0.15, -0.1) is 0 Å². The summed E-state index contributed by atoms with van der Waals surface area (Å²) in [4.78, 5) is 0. The van der Waals surface area contributed by atoms with E-state index in [-0.39, 0.29) is 24.9 Å². The van der Waals surface area contributed by atoms with Crippen LogP contribution in [-0.4, -0.2) is 35.6 Å². The molecule has 2 saturated heterocycles. The molecule has 0 radical (unpaired) electrons. The number of hydrogen-bond acceptors (Lipinski definition) is 4. The molecule has 4 heteroatoms. The van der Waals surface area contributed by atoms with Crippen molar-refractivity contribution in [2.75, 3.05) is 13.2 Å². The topological polar surface area (TPSA) is 58.9 Å². The second kappa shape index (κ2) is 8.75. The summed E-state index contributed by atoms with van der Waals surface area (Å²) in [6.45, 7) is 2.95. The van der Waals surface area contributed by atoms with Crippen LogP contribution < -0.4 is 0 Å². The smallest absolute Gasteiger partial charge is 0.0854 e. The molecule has 2 N–H and O–H groups in total. The molecule has 0 saturated carbocycles. The van der Waals surface area contributed by atoms with Crippen LogP contribution in [0.15, 0.2) is 42.5 Å². The largest absolute Gasteiger partial charge is 0.394 e. The zero-order valence-corrected chi connectivity index (χ0v) is 16.5. The number of benzene rings is 2. The van der Waals surface area contributed by atoms with Gasteiger partial charge >= 0.3 is 0 Å². The Morgan fingerprint density at radius 2 is 1.79 bits per heavy atom. The van der Waals surface area contributed by atoms with Crippen molar-refractivity contribution >= 4 is 0 Å². The van der Waals surface area contributed by atoms with Crippen molar-refractivity contribution < 1.29 is 19.7 Å². The van der Waals surface area contributed by atoms with Crippen LogP contribution >= 0.6 is 0 Å². The van der Waals surface area contributed by atoms with Gasteiger partial charge < -0.3 is 19.7 Å².